The lowest BCUT2D eigenvalue weighted by molar-refractivity contribution is 0.417. The van der Waals surface area contributed by atoms with E-state index < -0.39 is 0 Å². The summed E-state index contributed by atoms with van der Waals surface area (Å²) in [7, 11) is 1.58. The van der Waals surface area contributed by atoms with Gasteiger partial charge >= 0.3 is 0 Å². The lowest BCUT2D eigenvalue weighted by Crippen LogP contribution is -2.03. The summed E-state index contributed by atoms with van der Waals surface area (Å²) >= 11 is 0. The highest BCUT2D eigenvalue weighted by atomic mass is 16.5. The average molecular weight is 254 g/mol. The molecule has 5 heteroatoms. The Morgan fingerprint density at radius 1 is 1.42 bits per heavy atom. The van der Waals surface area contributed by atoms with E-state index in [9.17, 15) is 0 Å². The Balaban J connectivity index is 2.11. The zero-order valence-electron chi connectivity index (χ0n) is 10.6. The van der Waals surface area contributed by atoms with Crippen molar-refractivity contribution in [3.8, 4) is 11.8 Å². The van der Waals surface area contributed by atoms with Gasteiger partial charge in [0.25, 0.3) is 0 Å². The van der Waals surface area contributed by atoms with Crippen LogP contribution in [0, 0.1) is 11.3 Å². The van der Waals surface area contributed by atoms with Gasteiger partial charge in [-0.3, -0.25) is 0 Å². The van der Waals surface area contributed by atoms with Crippen LogP contribution in [0.5, 0.6) is 5.75 Å². The van der Waals surface area contributed by atoms with Gasteiger partial charge in [-0.2, -0.15) is 5.26 Å². The van der Waals surface area contributed by atoms with Gasteiger partial charge in [-0.05, 0) is 29.8 Å². The van der Waals surface area contributed by atoms with E-state index in [1.54, 1.807) is 19.4 Å². The topological polar surface area (TPSA) is 84.0 Å². The second-order valence-corrected chi connectivity index (χ2v) is 3.94. The van der Waals surface area contributed by atoms with E-state index in [4.69, 9.17) is 15.7 Å². The maximum atomic E-state index is 8.94. The normalized spacial score (nSPS) is 9.68. The Hall–Kier alpha value is -2.74. The molecule has 96 valence electrons. The molecule has 1 aromatic carbocycles. The SMILES string of the molecule is COc1ccc(CNc2cccnc2C#N)cc1N. The summed E-state index contributed by atoms with van der Waals surface area (Å²) in [4.78, 5) is 3.99. The predicted molar refractivity (Wildman–Crippen MR) is 73.7 cm³/mol. The summed E-state index contributed by atoms with van der Waals surface area (Å²) in [6.07, 6.45) is 1.59. The Labute approximate surface area is 111 Å². The largest absolute Gasteiger partial charge is 0.495 e. The van der Waals surface area contributed by atoms with Gasteiger partial charge in [-0.15, -0.1) is 0 Å². The molecular weight excluding hydrogens is 240 g/mol. The van der Waals surface area contributed by atoms with Gasteiger partial charge in [-0.1, -0.05) is 6.07 Å². The third-order valence-corrected chi connectivity index (χ3v) is 2.69. The minimum absolute atomic E-state index is 0.379. The van der Waals surface area contributed by atoms with E-state index in [2.05, 4.69) is 10.3 Å². The van der Waals surface area contributed by atoms with Crippen LogP contribution in [-0.4, -0.2) is 12.1 Å². The molecule has 0 amide bonds. The molecule has 1 heterocycles. The maximum Gasteiger partial charge on any atom is 0.163 e. The molecular formula is C14H14N4O. The molecule has 0 saturated carbocycles. The first-order chi connectivity index (χ1) is 9.24. The number of rotatable bonds is 4. The number of nitriles is 1. The van der Waals surface area contributed by atoms with Crippen LogP contribution < -0.4 is 15.8 Å². The van der Waals surface area contributed by atoms with Gasteiger partial charge in [0.2, 0.25) is 0 Å². The number of aromatic nitrogens is 1. The first-order valence-corrected chi connectivity index (χ1v) is 5.76. The van der Waals surface area contributed by atoms with Crippen molar-refractivity contribution in [1.82, 2.24) is 4.98 Å². The molecule has 0 aliphatic carbocycles. The highest BCUT2D eigenvalue weighted by Crippen LogP contribution is 2.22. The fraction of sp³-hybridized carbons (Fsp3) is 0.143. The van der Waals surface area contributed by atoms with Crippen molar-refractivity contribution in [3.05, 3.63) is 47.8 Å². The van der Waals surface area contributed by atoms with Crippen molar-refractivity contribution in [2.45, 2.75) is 6.54 Å². The van der Waals surface area contributed by atoms with Gasteiger partial charge in [0.15, 0.2) is 5.69 Å². The lowest BCUT2D eigenvalue weighted by atomic mass is 10.2. The molecule has 0 unspecified atom stereocenters. The van der Waals surface area contributed by atoms with Crippen LogP contribution >= 0.6 is 0 Å². The number of hydrogen-bond acceptors (Lipinski definition) is 5. The molecule has 0 spiro atoms. The second kappa shape index (κ2) is 5.74. The van der Waals surface area contributed by atoms with Crippen molar-refractivity contribution in [3.63, 3.8) is 0 Å². The molecule has 0 atom stereocenters. The standard InChI is InChI=1S/C14H14N4O/c1-19-14-5-4-10(7-11(14)16)9-18-12-3-2-6-17-13(12)8-15/h2-7,18H,9,16H2,1H3. The third kappa shape index (κ3) is 2.93. The first kappa shape index (κ1) is 12.7. The Morgan fingerprint density at radius 2 is 2.26 bits per heavy atom. The molecule has 0 bridgehead atoms. The fourth-order valence-corrected chi connectivity index (χ4v) is 1.73. The number of ether oxygens (including phenoxy) is 1. The molecule has 0 aliphatic rings. The predicted octanol–water partition coefficient (Wildman–Crippen LogP) is 2.16. The van der Waals surface area contributed by atoms with Crippen molar-refractivity contribution in [2.75, 3.05) is 18.2 Å². The van der Waals surface area contributed by atoms with Crippen molar-refractivity contribution >= 4 is 11.4 Å². The van der Waals surface area contributed by atoms with Gasteiger partial charge < -0.3 is 15.8 Å². The number of nitrogens with one attached hydrogen (secondary N) is 1. The zero-order chi connectivity index (χ0) is 13.7. The van der Waals surface area contributed by atoms with Crippen LogP contribution in [0.1, 0.15) is 11.3 Å². The zero-order valence-corrected chi connectivity index (χ0v) is 10.6. The van der Waals surface area contributed by atoms with Crippen LogP contribution in [0.2, 0.25) is 0 Å². The van der Waals surface area contributed by atoms with E-state index in [1.807, 2.05) is 30.3 Å². The number of anilines is 2. The summed E-state index contributed by atoms with van der Waals surface area (Å²) in [5, 5.41) is 12.1. The van der Waals surface area contributed by atoms with Gasteiger partial charge in [0, 0.05) is 12.7 Å². The number of benzene rings is 1. The number of nitrogens with two attached hydrogens (primary N) is 1. The van der Waals surface area contributed by atoms with Crippen LogP contribution in [0.15, 0.2) is 36.5 Å². The molecule has 2 rings (SSSR count). The minimum Gasteiger partial charge on any atom is -0.495 e. The molecule has 1 aromatic heterocycles. The first-order valence-electron chi connectivity index (χ1n) is 5.76. The lowest BCUT2D eigenvalue weighted by Gasteiger charge is -2.09. The number of pyridine rings is 1. The highest BCUT2D eigenvalue weighted by molar-refractivity contribution is 5.56. The van der Waals surface area contributed by atoms with Crippen molar-refractivity contribution in [1.29, 1.82) is 5.26 Å². The molecule has 0 fully saturated rings. The van der Waals surface area contributed by atoms with E-state index in [1.165, 1.54) is 0 Å². The smallest absolute Gasteiger partial charge is 0.163 e. The van der Waals surface area contributed by atoms with E-state index in [-0.39, 0.29) is 0 Å². The quantitative estimate of drug-likeness (QED) is 0.817. The Morgan fingerprint density at radius 3 is 2.95 bits per heavy atom. The molecule has 5 nitrogen and oxygen atoms in total. The molecule has 2 aromatic rings. The second-order valence-electron chi connectivity index (χ2n) is 3.94. The van der Waals surface area contributed by atoms with Crippen molar-refractivity contribution < 1.29 is 4.74 Å². The Kier molecular flexibility index (Phi) is 3.84. The van der Waals surface area contributed by atoms with E-state index in [0.29, 0.717) is 29.4 Å². The number of hydrogen-bond donors (Lipinski definition) is 2. The minimum atomic E-state index is 0.379. The Bertz CT molecular complexity index is 619. The van der Waals surface area contributed by atoms with Crippen molar-refractivity contribution in [2.24, 2.45) is 0 Å². The highest BCUT2D eigenvalue weighted by Gasteiger charge is 2.03. The molecule has 3 N–H and O–H groups in total. The van der Waals surface area contributed by atoms with E-state index >= 15 is 0 Å². The molecule has 0 aliphatic heterocycles. The molecule has 19 heavy (non-hydrogen) atoms. The summed E-state index contributed by atoms with van der Waals surface area (Å²) in [5.41, 5.74) is 8.52. The van der Waals surface area contributed by atoms with E-state index in [0.717, 1.165) is 5.56 Å². The van der Waals surface area contributed by atoms with Crippen LogP contribution in [0.4, 0.5) is 11.4 Å². The average Bonchev–Trinajstić information content (AvgIpc) is 2.45. The van der Waals surface area contributed by atoms with Gasteiger partial charge in [0.05, 0.1) is 18.5 Å². The van der Waals surface area contributed by atoms with Crippen LogP contribution in [0.25, 0.3) is 0 Å². The summed E-state index contributed by atoms with van der Waals surface area (Å²) in [6.45, 7) is 0.564. The molecule has 0 radical (unpaired) electrons. The number of nitrogen functional groups attached to an aromatic ring is 1. The summed E-state index contributed by atoms with van der Waals surface area (Å²) in [5.74, 6) is 0.655. The number of nitrogens with zero attached hydrogens (tertiary/aromatic N) is 2. The molecule has 0 saturated heterocycles. The number of methoxy groups -OCH3 is 1. The summed E-state index contributed by atoms with van der Waals surface area (Å²) < 4.78 is 5.10. The fourth-order valence-electron chi connectivity index (χ4n) is 1.73. The summed E-state index contributed by atoms with van der Waals surface area (Å²) in [6, 6.07) is 11.2. The van der Waals surface area contributed by atoms with Gasteiger partial charge in [0.1, 0.15) is 11.8 Å². The monoisotopic (exact) mass is 254 g/mol. The third-order valence-electron chi connectivity index (χ3n) is 2.69. The maximum absolute atomic E-state index is 8.94. The van der Waals surface area contributed by atoms with Crippen LogP contribution in [0.3, 0.4) is 0 Å². The van der Waals surface area contributed by atoms with Gasteiger partial charge in [-0.25, -0.2) is 4.98 Å². The van der Waals surface area contributed by atoms with Crippen LogP contribution in [-0.2, 0) is 6.54 Å².